The van der Waals surface area contributed by atoms with Gasteiger partial charge in [-0.2, -0.15) is 0 Å². The zero-order valence-corrected chi connectivity index (χ0v) is 13.9. The van der Waals surface area contributed by atoms with E-state index in [1.54, 1.807) is 0 Å². The maximum absolute atomic E-state index is 13.0. The molecular weight excluding hydrogens is 304 g/mol. The Morgan fingerprint density at radius 3 is 2.62 bits per heavy atom. The molecule has 1 aromatic carbocycles. The summed E-state index contributed by atoms with van der Waals surface area (Å²) < 4.78 is 5.38. The number of hydrogen-bond donors (Lipinski definition) is 1. The second-order valence-corrected chi connectivity index (χ2v) is 7.23. The van der Waals surface area contributed by atoms with Crippen LogP contribution in [0, 0.1) is 11.3 Å². The number of likely N-dealkylation sites (tertiary alicyclic amines) is 1. The lowest BCUT2D eigenvalue weighted by Gasteiger charge is -2.28. The maximum atomic E-state index is 13.0. The molecule has 0 aliphatic carbocycles. The van der Waals surface area contributed by atoms with Gasteiger partial charge >= 0.3 is 0 Å². The second kappa shape index (κ2) is 6.20. The molecule has 24 heavy (non-hydrogen) atoms. The molecule has 2 atom stereocenters. The standard InChI is InChI=1S/C19H24N2O3/c22-17(15-6-10-24-11-7-15)21-12-16(14-4-2-1-3-5-14)19(13-21)8-9-20-18(19)23/h1-5,15-16H,6-13H2,(H,20,23)/t16-,19+/m0/s1. The van der Waals surface area contributed by atoms with Crippen LogP contribution in [-0.4, -0.2) is 49.6 Å². The lowest BCUT2D eigenvalue weighted by Crippen LogP contribution is -2.41. The van der Waals surface area contributed by atoms with Crippen molar-refractivity contribution in [2.75, 3.05) is 32.8 Å². The first kappa shape index (κ1) is 15.6. The average Bonchev–Trinajstić information content (AvgIpc) is 3.20. The van der Waals surface area contributed by atoms with Crippen LogP contribution in [0.15, 0.2) is 30.3 Å². The summed E-state index contributed by atoms with van der Waals surface area (Å²) in [6.07, 6.45) is 2.40. The van der Waals surface area contributed by atoms with Crippen LogP contribution in [0.4, 0.5) is 0 Å². The highest BCUT2D eigenvalue weighted by molar-refractivity contribution is 5.89. The van der Waals surface area contributed by atoms with E-state index in [4.69, 9.17) is 4.74 Å². The quantitative estimate of drug-likeness (QED) is 0.896. The lowest BCUT2D eigenvalue weighted by atomic mass is 9.73. The number of nitrogens with zero attached hydrogens (tertiary/aromatic N) is 1. The van der Waals surface area contributed by atoms with Crippen LogP contribution < -0.4 is 5.32 Å². The molecule has 4 rings (SSSR count). The molecule has 1 spiro atoms. The molecule has 0 radical (unpaired) electrons. The van der Waals surface area contributed by atoms with Crippen LogP contribution in [0.1, 0.15) is 30.7 Å². The van der Waals surface area contributed by atoms with Gasteiger partial charge in [0.1, 0.15) is 0 Å². The van der Waals surface area contributed by atoms with E-state index in [1.807, 2.05) is 23.1 Å². The van der Waals surface area contributed by atoms with E-state index in [0.29, 0.717) is 32.8 Å². The van der Waals surface area contributed by atoms with Crippen molar-refractivity contribution in [3.8, 4) is 0 Å². The van der Waals surface area contributed by atoms with Crippen molar-refractivity contribution in [3.63, 3.8) is 0 Å². The molecule has 3 saturated heterocycles. The third-order valence-electron chi connectivity index (χ3n) is 5.94. The van der Waals surface area contributed by atoms with Gasteiger partial charge in [0, 0.05) is 44.7 Å². The molecule has 128 valence electrons. The van der Waals surface area contributed by atoms with E-state index >= 15 is 0 Å². The van der Waals surface area contributed by atoms with Crippen LogP contribution in [0.2, 0.25) is 0 Å². The molecule has 0 aromatic heterocycles. The molecule has 3 aliphatic rings. The van der Waals surface area contributed by atoms with E-state index < -0.39 is 5.41 Å². The van der Waals surface area contributed by atoms with E-state index in [-0.39, 0.29) is 23.7 Å². The van der Waals surface area contributed by atoms with Crippen LogP contribution in [0.5, 0.6) is 0 Å². The maximum Gasteiger partial charge on any atom is 0.228 e. The minimum absolute atomic E-state index is 0.0507. The first-order valence-electron chi connectivity index (χ1n) is 8.90. The van der Waals surface area contributed by atoms with Gasteiger partial charge in [-0.25, -0.2) is 0 Å². The van der Waals surface area contributed by atoms with Gasteiger partial charge in [0.2, 0.25) is 11.8 Å². The molecule has 5 heteroatoms. The summed E-state index contributed by atoms with van der Waals surface area (Å²) >= 11 is 0. The van der Waals surface area contributed by atoms with Crippen molar-refractivity contribution >= 4 is 11.8 Å². The van der Waals surface area contributed by atoms with Crippen molar-refractivity contribution in [2.24, 2.45) is 11.3 Å². The van der Waals surface area contributed by atoms with Gasteiger partial charge in [-0.15, -0.1) is 0 Å². The molecular formula is C19H24N2O3. The first-order chi connectivity index (χ1) is 11.7. The summed E-state index contributed by atoms with van der Waals surface area (Å²) in [7, 11) is 0. The van der Waals surface area contributed by atoms with E-state index in [9.17, 15) is 9.59 Å². The van der Waals surface area contributed by atoms with Crippen molar-refractivity contribution in [1.29, 1.82) is 0 Å². The average molecular weight is 328 g/mol. The predicted molar refractivity (Wildman–Crippen MR) is 89.4 cm³/mol. The molecule has 0 saturated carbocycles. The number of carbonyl (C=O) groups is 2. The topological polar surface area (TPSA) is 58.6 Å². The minimum atomic E-state index is -0.456. The van der Waals surface area contributed by atoms with Gasteiger partial charge in [-0.3, -0.25) is 9.59 Å². The summed E-state index contributed by atoms with van der Waals surface area (Å²) in [5.74, 6) is 0.453. The summed E-state index contributed by atoms with van der Waals surface area (Å²) in [5, 5.41) is 2.99. The third kappa shape index (κ3) is 2.51. The molecule has 0 unspecified atom stereocenters. The summed E-state index contributed by atoms with van der Waals surface area (Å²) in [6.45, 7) is 3.24. The molecule has 5 nitrogen and oxygen atoms in total. The fraction of sp³-hybridized carbons (Fsp3) is 0.579. The Bertz CT molecular complexity index is 627. The van der Waals surface area contributed by atoms with Gasteiger partial charge in [0.15, 0.2) is 0 Å². The normalized spacial score (nSPS) is 30.8. The summed E-state index contributed by atoms with van der Waals surface area (Å²) in [6, 6.07) is 10.2. The number of hydrogen-bond acceptors (Lipinski definition) is 3. The van der Waals surface area contributed by atoms with E-state index in [0.717, 1.165) is 24.8 Å². The monoisotopic (exact) mass is 328 g/mol. The van der Waals surface area contributed by atoms with Gasteiger partial charge in [-0.1, -0.05) is 30.3 Å². The molecule has 3 fully saturated rings. The number of benzene rings is 1. The van der Waals surface area contributed by atoms with Gasteiger partial charge in [0.25, 0.3) is 0 Å². The Labute approximate surface area is 142 Å². The van der Waals surface area contributed by atoms with Gasteiger partial charge in [-0.05, 0) is 24.8 Å². The largest absolute Gasteiger partial charge is 0.381 e. The number of rotatable bonds is 2. The predicted octanol–water partition coefficient (Wildman–Crippen LogP) is 1.55. The van der Waals surface area contributed by atoms with Crippen molar-refractivity contribution in [1.82, 2.24) is 10.2 Å². The van der Waals surface area contributed by atoms with Crippen LogP contribution >= 0.6 is 0 Å². The molecule has 3 aliphatic heterocycles. The van der Waals surface area contributed by atoms with E-state index in [2.05, 4.69) is 17.4 Å². The zero-order valence-electron chi connectivity index (χ0n) is 13.9. The van der Waals surface area contributed by atoms with Crippen molar-refractivity contribution in [2.45, 2.75) is 25.2 Å². The number of ether oxygens (including phenoxy) is 1. The van der Waals surface area contributed by atoms with Gasteiger partial charge < -0.3 is 15.0 Å². The van der Waals surface area contributed by atoms with Crippen molar-refractivity contribution < 1.29 is 14.3 Å². The molecule has 2 amide bonds. The first-order valence-corrected chi connectivity index (χ1v) is 8.90. The SMILES string of the molecule is O=C(C1CCOCC1)N1C[C@@H](c2ccccc2)[C@@]2(CCNC2=O)C1. The van der Waals surface area contributed by atoms with Crippen LogP contribution in [0.25, 0.3) is 0 Å². The molecule has 1 aromatic rings. The van der Waals surface area contributed by atoms with Crippen LogP contribution in [0.3, 0.4) is 0 Å². The lowest BCUT2D eigenvalue weighted by molar-refractivity contribution is -0.138. The Morgan fingerprint density at radius 1 is 1.21 bits per heavy atom. The third-order valence-corrected chi connectivity index (χ3v) is 5.94. The smallest absolute Gasteiger partial charge is 0.228 e. The fourth-order valence-electron chi connectivity index (χ4n) is 4.56. The molecule has 0 bridgehead atoms. The fourth-order valence-corrected chi connectivity index (χ4v) is 4.56. The Kier molecular flexibility index (Phi) is 4.04. The minimum Gasteiger partial charge on any atom is -0.381 e. The highest BCUT2D eigenvalue weighted by atomic mass is 16.5. The van der Waals surface area contributed by atoms with E-state index in [1.165, 1.54) is 0 Å². The Morgan fingerprint density at radius 2 is 1.96 bits per heavy atom. The number of carbonyl (C=O) groups excluding carboxylic acids is 2. The number of nitrogens with one attached hydrogen (secondary N) is 1. The summed E-state index contributed by atoms with van der Waals surface area (Å²) in [5.41, 5.74) is 0.708. The van der Waals surface area contributed by atoms with Crippen molar-refractivity contribution in [3.05, 3.63) is 35.9 Å². The highest BCUT2D eigenvalue weighted by Crippen LogP contribution is 2.48. The van der Waals surface area contributed by atoms with Gasteiger partial charge in [0.05, 0.1) is 5.41 Å². The second-order valence-electron chi connectivity index (χ2n) is 7.23. The molecule has 1 N–H and O–H groups in total. The zero-order chi connectivity index (χ0) is 16.6. The highest BCUT2D eigenvalue weighted by Gasteiger charge is 2.56. The number of amides is 2. The Balaban J connectivity index is 1.61. The summed E-state index contributed by atoms with van der Waals surface area (Å²) in [4.78, 5) is 27.6. The Hall–Kier alpha value is -1.88. The molecule has 3 heterocycles. The van der Waals surface area contributed by atoms with Crippen LogP contribution in [-0.2, 0) is 14.3 Å².